The van der Waals surface area contributed by atoms with Crippen molar-refractivity contribution >= 4 is 21.9 Å². The Morgan fingerprint density at radius 3 is 2.81 bits per heavy atom. The van der Waals surface area contributed by atoms with Crippen LogP contribution in [0.2, 0.25) is 0 Å². The molecule has 1 aromatic heterocycles. The fourth-order valence-electron chi connectivity index (χ4n) is 2.78. The molecule has 0 amide bonds. The summed E-state index contributed by atoms with van der Waals surface area (Å²) in [6.07, 6.45) is 6.23. The average Bonchev–Trinajstić information content (AvgIpc) is 2.54. The van der Waals surface area contributed by atoms with Gasteiger partial charge in [0.1, 0.15) is 10.0 Å². The Morgan fingerprint density at radius 2 is 2.19 bits per heavy atom. The molecular weight excluding hydrogens is 334 g/mol. The number of piperidine rings is 1. The Morgan fingerprint density at radius 1 is 1.48 bits per heavy atom. The van der Waals surface area contributed by atoms with Gasteiger partial charge in [0.25, 0.3) is 0 Å². The summed E-state index contributed by atoms with van der Waals surface area (Å²) in [7, 11) is 1.44. The summed E-state index contributed by atoms with van der Waals surface area (Å²) < 4.78 is 5.72. The lowest BCUT2D eigenvalue weighted by molar-refractivity contribution is -0.149. The molecule has 1 aliphatic heterocycles. The lowest BCUT2D eigenvalue weighted by Crippen LogP contribution is -2.47. The molecule has 5 nitrogen and oxygen atoms in total. The molecule has 1 aliphatic rings. The summed E-state index contributed by atoms with van der Waals surface area (Å²) in [5, 5.41) is 3.29. The molecule has 0 unspecified atom stereocenters. The highest BCUT2D eigenvalue weighted by Gasteiger charge is 2.45. The van der Waals surface area contributed by atoms with E-state index < -0.39 is 5.41 Å². The van der Waals surface area contributed by atoms with Gasteiger partial charge in [-0.25, -0.2) is 4.98 Å². The van der Waals surface area contributed by atoms with Crippen LogP contribution in [0.5, 0.6) is 0 Å². The van der Waals surface area contributed by atoms with Gasteiger partial charge in [-0.2, -0.15) is 0 Å². The zero-order valence-corrected chi connectivity index (χ0v) is 14.2. The number of nitrogens with one attached hydrogen (secondary N) is 1. The van der Waals surface area contributed by atoms with Crippen molar-refractivity contribution in [2.75, 3.05) is 20.2 Å². The van der Waals surface area contributed by atoms with Gasteiger partial charge in [0, 0.05) is 6.20 Å². The lowest BCUT2D eigenvalue weighted by atomic mass is 9.76. The van der Waals surface area contributed by atoms with Crippen LogP contribution in [0, 0.1) is 0 Å². The largest absolute Gasteiger partial charge is 0.468 e. The van der Waals surface area contributed by atoms with Gasteiger partial charge in [0.15, 0.2) is 0 Å². The summed E-state index contributed by atoms with van der Waals surface area (Å²) in [4.78, 5) is 21.6. The minimum Gasteiger partial charge on any atom is -0.468 e. The Hall–Kier alpha value is -1.01. The third-order valence-electron chi connectivity index (χ3n) is 4.05. The maximum absolute atomic E-state index is 12.4. The van der Waals surface area contributed by atoms with Gasteiger partial charge in [0.05, 0.1) is 18.5 Å². The van der Waals surface area contributed by atoms with E-state index in [9.17, 15) is 4.79 Å². The Balaban J connectivity index is 2.41. The first-order valence-corrected chi connectivity index (χ1v) is 8.24. The second kappa shape index (κ2) is 7.31. The predicted molar refractivity (Wildman–Crippen MR) is 84.1 cm³/mol. The number of aryl methyl sites for hydroxylation is 1. The molecule has 0 aliphatic carbocycles. The van der Waals surface area contributed by atoms with Crippen LogP contribution < -0.4 is 5.32 Å². The molecular formula is C15H22BrN3O2. The first kappa shape index (κ1) is 16.4. The highest BCUT2D eigenvalue weighted by molar-refractivity contribution is 9.10. The van der Waals surface area contributed by atoms with Crippen molar-refractivity contribution in [1.29, 1.82) is 0 Å². The van der Waals surface area contributed by atoms with E-state index >= 15 is 0 Å². The van der Waals surface area contributed by atoms with Crippen molar-refractivity contribution in [3.05, 3.63) is 22.2 Å². The van der Waals surface area contributed by atoms with Crippen LogP contribution in [0.25, 0.3) is 0 Å². The van der Waals surface area contributed by atoms with Crippen LogP contribution in [0.4, 0.5) is 0 Å². The molecule has 6 heteroatoms. The van der Waals surface area contributed by atoms with E-state index in [-0.39, 0.29) is 5.97 Å². The van der Waals surface area contributed by atoms with Crippen molar-refractivity contribution in [2.24, 2.45) is 0 Å². The minimum atomic E-state index is -0.686. The van der Waals surface area contributed by atoms with Crippen molar-refractivity contribution in [3.63, 3.8) is 0 Å². The number of rotatable bonds is 5. The molecule has 1 N–H and O–H groups in total. The summed E-state index contributed by atoms with van der Waals surface area (Å²) in [5.74, 6) is -0.216. The van der Waals surface area contributed by atoms with Crippen LogP contribution >= 0.6 is 15.9 Å². The van der Waals surface area contributed by atoms with Gasteiger partial charge in [-0.05, 0) is 54.7 Å². The number of carbonyl (C=O) groups is 1. The van der Waals surface area contributed by atoms with Gasteiger partial charge in [-0.3, -0.25) is 9.78 Å². The number of nitrogens with zero attached hydrogens (tertiary/aromatic N) is 2. The molecule has 1 fully saturated rings. The van der Waals surface area contributed by atoms with Crippen LogP contribution in [0.15, 0.2) is 10.8 Å². The summed E-state index contributed by atoms with van der Waals surface area (Å²) in [6.45, 7) is 3.71. The lowest BCUT2D eigenvalue weighted by Gasteiger charge is -2.34. The Labute approximate surface area is 134 Å². The van der Waals surface area contributed by atoms with E-state index in [0.717, 1.165) is 43.7 Å². The number of esters is 1. The average molecular weight is 356 g/mol. The van der Waals surface area contributed by atoms with Crippen molar-refractivity contribution in [2.45, 2.75) is 44.4 Å². The van der Waals surface area contributed by atoms with E-state index in [2.05, 4.69) is 33.2 Å². The van der Waals surface area contributed by atoms with E-state index in [1.807, 2.05) is 0 Å². The van der Waals surface area contributed by atoms with Crippen molar-refractivity contribution in [1.82, 2.24) is 15.3 Å². The molecule has 0 atom stereocenters. The van der Waals surface area contributed by atoms with Crippen LogP contribution in [-0.2, 0) is 21.4 Å². The number of aromatic nitrogens is 2. The van der Waals surface area contributed by atoms with Gasteiger partial charge in [-0.15, -0.1) is 0 Å². The molecule has 2 heterocycles. The standard InChI is InChI=1S/C15H22BrN3O2/c1-3-4-5-11-10-18-13(16)12(19-11)15(14(20)21-2)6-8-17-9-7-15/h10,17H,3-9H2,1-2H3. The highest BCUT2D eigenvalue weighted by Crippen LogP contribution is 2.37. The first-order chi connectivity index (χ1) is 10.1. The number of ether oxygens (including phenoxy) is 1. The van der Waals surface area contributed by atoms with E-state index in [0.29, 0.717) is 17.4 Å². The normalized spacial score (nSPS) is 17.5. The SMILES string of the molecule is CCCCc1cnc(Br)c(C2(C(=O)OC)CCNCC2)n1. The minimum absolute atomic E-state index is 0.216. The van der Waals surface area contributed by atoms with Gasteiger partial charge < -0.3 is 10.1 Å². The number of unbranched alkanes of at least 4 members (excludes halogenated alkanes) is 1. The quantitative estimate of drug-likeness (QED) is 0.821. The number of carbonyl (C=O) groups excluding carboxylic acids is 1. The molecule has 2 rings (SSSR count). The second-order valence-electron chi connectivity index (χ2n) is 5.43. The monoisotopic (exact) mass is 355 g/mol. The van der Waals surface area contributed by atoms with Crippen LogP contribution in [0.1, 0.15) is 44.0 Å². The maximum Gasteiger partial charge on any atom is 0.318 e. The zero-order chi connectivity index (χ0) is 15.3. The van der Waals surface area contributed by atoms with E-state index in [4.69, 9.17) is 9.72 Å². The van der Waals surface area contributed by atoms with Crippen LogP contribution in [-0.4, -0.2) is 36.1 Å². The third kappa shape index (κ3) is 3.43. The molecule has 116 valence electrons. The van der Waals surface area contributed by atoms with E-state index in [1.165, 1.54) is 7.11 Å². The van der Waals surface area contributed by atoms with Gasteiger partial charge >= 0.3 is 5.97 Å². The molecule has 1 saturated heterocycles. The Kier molecular flexibility index (Phi) is 5.70. The second-order valence-corrected chi connectivity index (χ2v) is 6.18. The molecule has 0 saturated carbocycles. The maximum atomic E-state index is 12.4. The fourth-order valence-corrected chi connectivity index (χ4v) is 3.35. The fraction of sp³-hybridized carbons (Fsp3) is 0.667. The van der Waals surface area contributed by atoms with Crippen LogP contribution in [0.3, 0.4) is 0 Å². The molecule has 0 spiro atoms. The molecule has 1 aromatic rings. The summed E-state index contributed by atoms with van der Waals surface area (Å²) in [5.41, 5.74) is 0.981. The number of methoxy groups -OCH3 is 1. The van der Waals surface area contributed by atoms with Gasteiger partial charge in [0.2, 0.25) is 0 Å². The number of hydrogen-bond donors (Lipinski definition) is 1. The first-order valence-electron chi connectivity index (χ1n) is 7.45. The van der Waals surface area contributed by atoms with Crippen molar-refractivity contribution < 1.29 is 9.53 Å². The predicted octanol–water partition coefficient (Wildman–Crippen LogP) is 2.38. The summed E-state index contributed by atoms with van der Waals surface area (Å²) >= 11 is 3.47. The molecule has 0 bridgehead atoms. The Bertz CT molecular complexity index is 502. The number of hydrogen-bond acceptors (Lipinski definition) is 5. The smallest absolute Gasteiger partial charge is 0.318 e. The third-order valence-corrected chi connectivity index (χ3v) is 4.63. The van der Waals surface area contributed by atoms with Crippen molar-refractivity contribution in [3.8, 4) is 0 Å². The molecule has 0 aromatic carbocycles. The van der Waals surface area contributed by atoms with E-state index in [1.54, 1.807) is 6.20 Å². The summed E-state index contributed by atoms with van der Waals surface area (Å²) in [6, 6.07) is 0. The topological polar surface area (TPSA) is 64.1 Å². The zero-order valence-electron chi connectivity index (χ0n) is 12.6. The van der Waals surface area contributed by atoms with Gasteiger partial charge in [-0.1, -0.05) is 13.3 Å². The highest BCUT2D eigenvalue weighted by atomic mass is 79.9. The molecule has 0 radical (unpaired) electrons. The molecule has 21 heavy (non-hydrogen) atoms. The number of halogens is 1.